The summed E-state index contributed by atoms with van der Waals surface area (Å²) in [6.45, 7) is 4.56. The van der Waals surface area contributed by atoms with Crippen molar-refractivity contribution in [1.82, 2.24) is 24.8 Å². The Labute approximate surface area is 117 Å². The van der Waals surface area contributed by atoms with Gasteiger partial charge in [0.25, 0.3) is 0 Å². The van der Waals surface area contributed by atoms with Gasteiger partial charge in [0.05, 0.1) is 30.7 Å². The van der Waals surface area contributed by atoms with Crippen LogP contribution in [0.15, 0.2) is 6.07 Å². The lowest BCUT2D eigenvalue weighted by atomic mass is 10.2. The molecule has 2 heterocycles. The maximum atomic E-state index is 11.6. The van der Waals surface area contributed by atoms with Crippen LogP contribution in [0.25, 0.3) is 0 Å². The minimum atomic E-state index is -0.452. The number of aryl methyl sites for hydroxylation is 2. The quantitative estimate of drug-likeness (QED) is 0.761. The zero-order chi connectivity index (χ0) is 14.7. The second kappa shape index (κ2) is 5.85. The van der Waals surface area contributed by atoms with E-state index >= 15 is 0 Å². The lowest BCUT2D eigenvalue weighted by Gasteiger charge is -2.05. The van der Waals surface area contributed by atoms with E-state index in [4.69, 9.17) is 4.74 Å². The van der Waals surface area contributed by atoms with Crippen molar-refractivity contribution in [3.8, 4) is 0 Å². The third kappa shape index (κ3) is 2.56. The molecule has 0 radical (unpaired) electrons. The highest BCUT2D eigenvalue weighted by atomic mass is 16.5. The molecule has 0 atom stereocenters. The molecule has 0 fully saturated rings. The van der Waals surface area contributed by atoms with E-state index in [0.29, 0.717) is 13.0 Å². The molecular weight excluding hydrogens is 258 g/mol. The Balaban J connectivity index is 2.31. The molecule has 0 unspecified atom stereocenters. The van der Waals surface area contributed by atoms with Crippen molar-refractivity contribution >= 4 is 5.97 Å². The van der Waals surface area contributed by atoms with E-state index in [2.05, 4.69) is 22.3 Å². The Bertz CT molecular complexity index is 614. The predicted molar refractivity (Wildman–Crippen MR) is 72.4 cm³/mol. The Morgan fingerprint density at radius 1 is 1.35 bits per heavy atom. The van der Waals surface area contributed by atoms with Gasteiger partial charge >= 0.3 is 5.97 Å². The van der Waals surface area contributed by atoms with Crippen LogP contribution < -0.4 is 0 Å². The molecule has 108 valence electrons. The van der Waals surface area contributed by atoms with Crippen LogP contribution in [0.3, 0.4) is 0 Å². The van der Waals surface area contributed by atoms with Crippen molar-refractivity contribution in [3.63, 3.8) is 0 Å². The highest BCUT2D eigenvalue weighted by Gasteiger charge is 2.19. The highest BCUT2D eigenvalue weighted by Crippen LogP contribution is 2.12. The minimum absolute atomic E-state index is 0.285. The lowest BCUT2D eigenvalue weighted by Crippen LogP contribution is -2.11. The van der Waals surface area contributed by atoms with Gasteiger partial charge in [-0.25, -0.2) is 9.48 Å². The van der Waals surface area contributed by atoms with E-state index in [1.54, 1.807) is 4.68 Å². The zero-order valence-electron chi connectivity index (χ0n) is 12.3. The first-order valence-corrected chi connectivity index (χ1v) is 6.63. The molecule has 0 spiro atoms. The smallest absolute Gasteiger partial charge is 0.360 e. The average Bonchev–Trinajstić information content (AvgIpc) is 3.02. The summed E-state index contributed by atoms with van der Waals surface area (Å²) in [5, 5.41) is 12.4. The van der Waals surface area contributed by atoms with Gasteiger partial charge in [-0.15, -0.1) is 5.10 Å². The maximum Gasteiger partial charge on any atom is 0.360 e. The summed E-state index contributed by atoms with van der Waals surface area (Å²) < 4.78 is 8.27. The van der Waals surface area contributed by atoms with Crippen LogP contribution in [0.2, 0.25) is 0 Å². The number of ether oxygens (including phenoxy) is 1. The van der Waals surface area contributed by atoms with Crippen LogP contribution >= 0.6 is 0 Å². The number of methoxy groups -OCH3 is 1. The van der Waals surface area contributed by atoms with Crippen LogP contribution in [-0.2, 0) is 31.2 Å². The molecule has 2 aromatic rings. The number of hydrogen-bond acceptors (Lipinski definition) is 5. The van der Waals surface area contributed by atoms with E-state index in [1.165, 1.54) is 7.11 Å². The summed E-state index contributed by atoms with van der Waals surface area (Å²) in [4.78, 5) is 11.6. The van der Waals surface area contributed by atoms with Crippen molar-refractivity contribution < 1.29 is 9.53 Å². The summed E-state index contributed by atoms with van der Waals surface area (Å²) >= 11 is 0. The largest absolute Gasteiger partial charge is 0.464 e. The van der Waals surface area contributed by atoms with Crippen LogP contribution in [0.1, 0.15) is 41.4 Å². The lowest BCUT2D eigenvalue weighted by molar-refractivity contribution is 0.0592. The fourth-order valence-corrected chi connectivity index (χ4v) is 2.11. The number of aromatic nitrogens is 5. The van der Waals surface area contributed by atoms with Crippen molar-refractivity contribution in [1.29, 1.82) is 0 Å². The van der Waals surface area contributed by atoms with E-state index < -0.39 is 5.97 Å². The summed E-state index contributed by atoms with van der Waals surface area (Å²) in [6.07, 6.45) is 1.55. The third-order valence-corrected chi connectivity index (χ3v) is 3.25. The zero-order valence-corrected chi connectivity index (χ0v) is 12.3. The van der Waals surface area contributed by atoms with Gasteiger partial charge in [-0.1, -0.05) is 19.1 Å². The Kier molecular flexibility index (Phi) is 4.16. The molecule has 0 aliphatic carbocycles. The van der Waals surface area contributed by atoms with E-state index in [0.717, 1.165) is 23.5 Å². The number of rotatable bonds is 5. The standard InChI is InChI=1S/C13H19N5O2/c1-5-9-7-10(17(3)15-9)8-18-11(6-2)12(14-16-18)13(19)20-4/h7H,5-6,8H2,1-4H3. The van der Waals surface area contributed by atoms with E-state index in [1.807, 2.05) is 24.7 Å². The molecular formula is C13H19N5O2. The Morgan fingerprint density at radius 3 is 2.65 bits per heavy atom. The van der Waals surface area contributed by atoms with Crippen LogP contribution in [0.5, 0.6) is 0 Å². The van der Waals surface area contributed by atoms with Gasteiger partial charge < -0.3 is 4.74 Å². The van der Waals surface area contributed by atoms with Crippen molar-refractivity contribution in [2.24, 2.45) is 7.05 Å². The monoisotopic (exact) mass is 277 g/mol. The molecule has 0 amide bonds. The first-order chi connectivity index (χ1) is 9.60. The van der Waals surface area contributed by atoms with Gasteiger partial charge in [-0.3, -0.25) is 4.68 Å². The van der Waals surface area contributed by atoms with Gasteiger partial charge in [0, 0.05) is 7.05 Å². The van der Waals surface area contributed by atoms with Gasteiger partial charge in [0.15, 0.2) is 5.69 Å². The van der Waals surface area contributed by atoms with Crippen molar-refractivity contribution in [3.05, 3.63) is 28.8 Å². The Morgan fingerprint density at radius 2 is 2.10 bits per heavy atom. The second-order valence-electron chi connectivity index (χ2n) is 4.49. The number of carbonyl (C=O) groups is 1. The number of esters is 1. The fraction of sp³-hybridized carbons (Fsp3) is 0.538. The van der Waals surface area contributed by atoms with Crippen LogP contribution in [-0.4, -0.2) is 37.9 Å². The van der Waals surface area contributed by atoms with Gasteiger partial charge in [0.1, 0.15) is 0 Å². The van der Waals surface area contributed by atoms with Gasteiger partial charge in [-0.2, -0.15) is 5.10 Å². The number of hydrogen-bond donors (Lipinski definition) is 0. The number of carbonyl (C=O) groups excluding carboxylic acids is 1. The molecule has 2 rings (SSSR count). The topological polar surface area (TPSA) is 74.8 Å². The summed E-state index contributed by atoms with van der Waals surface area (Å²) in [7, 11) is 3.24. The molecule has 0 saturated heterocycles. The molecule has 0 bridgehead atoms. The predicted octanol–water partition coefficient (Wildman–Crippen LogP) is 0.971. The second-order valence-corrected chi connectivity index (χ2v) is 4.49. The summed E-state index contributed by atoms with van der Waals surface area (Å²) in [6, 6.07) is 2.04. The van der Waals surface area contributed by atoms with Crippen molar-refractivity contribution in [2.45, 2.75) is 33.2 Å². The Hall–Kier alpha value is -2.18. The molecule has 0 aromatic carbocycles. The van der Waals surface area contributed by atoms with Gasteiger partial charge in [-0.05, 0) is 18.9 Å². The third-order valence-electron chi connectivity index (χ3n) is 3.25. The maximum absolute atomic E-state index is 11.6. The molecule has 0 aliphatic heterocycles. The summed E-state index contributed by atoms with van der Waals surface area (Å²) in [5.41, 5.74) is 3.12. The number of nitrogens with zero attached hydrogens (tertiary/aromatic N) is 5. The SMILES string of the molecule is CCc1cc(Cn2nnc(C(=O)OC)c2CC)n(C)n1. The minimum Gasteiger partial charge on any atom is -0.464 e. The molecule has 2 aromatic heterocycles. The molecule has 7 nitrogen and oxygen atoms in total. The molecule has 0 aliphatic rings. The average molecular weight is 277 g/mol. The fourth-order valence-electron chi connectivity index (χ4n) is 2.11. The van der Waals surface area contributed by atoms with Crippen molar-refractivity contribution in [2.75, 3.05) is 7.11 Å². The van der Waals surface area contributed by atoms with Crippen LogP contribution in [0.4, 0.5) is 0 Å². The van der Waals surface area contributed by atoms with E-state index in [9.17, 15) is 4.79 Å². The summed E-state index contributed by atoms with van der Waals surface area (Å²) in [5.74, 6) is -0.452. The molecule has 0 N–H and O–H groups in total. The molecule has 0 saturated carbocycles. The van der Waals surface area contributed by atoms with Crippen LogP contribution in [0, 0.1) is 0 Å². The van der Waals surface area contributed by atoms with E-state index in [-0.39, 0.29) is 5.69 Å². The normalized spacial score (nSPS) is 10.8. The first kappa shape index (κ1) is 14.2. The molecule has 20 heavy (non-hydrogen) atoms. The van der Waals surface area contributed by atoms with Gasteiger partial charge in [0.2, 0.25) is 0 Å². The molecule has 7 heteroatoms. The first-order valence-electron chi connectivity index (χ1n) is 6.63. The highest BCUT2D eigenvalue weighted by molar-refractivity contribution is 5.88.